The van der Waals surface area contributed by atoms with Crippen LogP contribution in [-0.2, 0) is 18.4 Å². The molecule has 4 heterocycles. The lowest BCUT2D eigenvalue weighted by Crippen LogP contribution is -2.49. The topological polar surface area (TPSA) is 89.1 Å². The van der Waals surface area contributed by atoms with Crippen molar-refractivity contribution in [3.8, 4) is 11.8 Å². The lowest BCUT2D eigenvalue weighted by Gasteiger charge is -2.27. The average Bonchev–Trinajstić information content (AvgIpc) is 3.60. The van der Waals surface area contributed by atoms with Gasteiger partial charge >= 0.3 is 0 Å². The molecule has 1 aromatic carbocycles. The summed E-state index contributed by atoms with van der Waals surface area (Å²) < 4.78 is 3.34. The number of likely N-dealkylation sites (N-methyl/N-ethyl adjacent to an activating group) is 2. The molecule has 1 aliphatic heterocycles. The molecule has 11 heteroatoms. The van der Waals surface area contributed by atoms with Crippen LogP contribution in [0, 0.1) is 18.8 Å². The van der Waals surface area contributed by atoms with Crippen molar-refractivity contribution in [2.45, 2.75) is 24.4 Å². The van der Waals surface area contributed by atoms with Gasteiger partial charge in [0.25, 0.3) is 11.8 Å². The minimum absolute atomic E-state index is 0.0713. The number of benzene rings is 1. The standard InChI is InChI=1S/C26H25N7O2S2/c1-17-21(11-10-19-12-28-30(2)13-19)37-26-22(17)36-15-20(24(34)32(26)4)31(3)25(35)23-27-16-33(29-23)14-18-8-6-5-7-9-18/h5-9,12-13,16,20H,14-15H2,1-4H3/t20-/m0/s1. The summed E-state index contributed by atoms with van der Waals surface area (Å²) in [6.45, 7) is 2.53. The Bertz CT molecular complexity index is 1530. The molecule has 0 radical (unpaired) electrons. The van der Waals surface area contributed by atoms with E-state index < -0.39 is 6.04 Å². The van der Waals surface area contributed by atoms with E-state index in [0.29, 0.717) is 12.3 Å². The van der Waals surface area contributed by atoms with Gasteiger partial charge in [-0.15, -0.1) is 28.2 Å². The van der Waals surface area contributed by atoms with Gasteiger partial charge in [-0.3, -0.25) is 14.3 Å². The molecular weight excluding hydrogens is 506 g/mol. The summed E-state index contributed by atoms with van der Waals surface area (Å²) in [6.07, 6.45) is 5.13. The fourth-order valence-electron chi connectivity index (χ4n) is 3.98. The first-order chi connectivity index (χ1) is 17.8. The molecular formula is C26H25N7O2S2. The summed E-state index contributed by atoms with van der Waals surface area (Å²) in [5.41, 5.74) is 2.93. The molecule has 188 valence electrons. The van der Waals surface area contributed by atoms with Crippen LogP contribution in [0.15, 0.2) is 53.9 Å². The summed E-state index contributed by atoms with van der Waals surface area (Å²) >= 11 is 3.06. The maximum Gasteiger partial charge on any atom is 0.293 e. The zero-order valence-corrected chi connectivity index (χ0v) is 22.5. The lowest BCUT2D eigenvalue weighted by atomic mass is 10.2. The fraction of sp³-hybridized carbons (Fsp3) is 0.269. The number of carbonyl (C=O) groups excluding carboxylic acids is 2. The van der Waals surface area contributed by atoms with E-state index in [1.165, 1.54) is 16.2 Å². The van der Waals surface area contributed by atoms with Crippen molar-refractivity contribution >= 4 is 39.9 Å². The molecule has 0 unspecified atom stereocenters. The number of thioether (sulfide) groups is 1. The number of amides is 2. The molecule has 0 N–H and O–H groups in total. The summed E-state index contributed by atoms with van der Waals surface area (Å²) in [7, 11) is 5.24. The van der Waals surface area contributed by atoms with Gasteiger partial charge in [0.1, 0.15) is 17.4 Å². The normalized spacial score (nSPS) is 15.1. The average molecular weight is 532 g/mol. The number of carbonyl (C=O) groups is 2. The Balaban J connectivity index is 1.32. The summed E-state index contributed by atoms with van der Waals surface area (Å²) in [5, 5.41) is 9.35. The Kier molecular flexibility index (Phi) is 6.86. The quantitative estimate of drug-likeness (QED) is 0.376. The van der Waals surface area contributed by atoms with E-state index in [9.17, 15) is 9.59 Å². The molecule has 0 saturated heterocycles. The van der Waals surface area contributed by atoms with Crippen molar-refractivity contribution in [3.05, 3.63) is 76.4 Å². The first-order valence-electron chi connectivity index (χ1n) is 11.6. The molecule has 0 spiro atoms. The second kappa shape index (κ2) is 10.2. The van der Waals surface area contributed by atoms with Gasteiger partial charge in [0.05, 0.1) is 23.2 Å². The van der Waals surface area contributed by atoms with Crippen LogP contribution in [0.3, 0.4) is 0 Å². The first kappa shape index (κ1) is 24.8. The van der Waals surface area contributed by atoms with E-state index in [-0.39, 0.29) is 17.6 Å². The van der Waals surface area contributed by atoms with Crippen LogP contribution in [0.4, 0.5) is 5.00 Å². The molecule has 1 atom stereocenters. The van der Waals surface area contributed by atoms with E-state index in [2.05, 4.69) is 27.0 Å². The van der Waals surface area contributed by atoms with Gasteiger partial charge in [-0.2, -0.15) is 5.10 Å². The number of aromatic nitrogens is 5. The van der Waals surface area contributed by atoms with Crippen LogP contribution in [0.5, 0.6) is 0 Å². The van der Waals surface area contributed by atoms with Gasteiger partial charge in [-0.05, 0) is 18.1 Å². The van der Waals surface area contributed by atoms with Crippen LogP contribution in [0.25, 0.3) is 0 Å². The third-order valence-electron chi connectivity index (χ3n) is 6.11. The molecule has 1 aliphatic rings. The zero-order valence-electron chi connectivity index (χ0n) is 20.9. The van der Waals surface area contributed by atoms with Gasteiger partial charge in [0, 0.05) is 38.0 Å². The van der Waals surface area contributed by atoms with Crippen molar-refractivity contribution in [1.82, 2.24) is 29.4 Å². The van der Waals surface area contributed by atoms with Crippen molar-refractivity contribution < 1.29 is 9.59 Å². The summed E-state index contributed by atoms with van der Waals surface area (Å²) in [5.74, 6) is 6.33. The van der Waals surface area contributed by atoms with Crippen LogP contribution in [0.1, 0.15) is 32.2 Å². The van der Waals surface area contributed by atoms with Crippen molar-refractivity contribution in [1.29, 1.82) is 0 Å². The summed E-state index contributed by atoms with van der Waals surface area (Å²) in [4.78, 5) is 35.9. The van der Waals surface area contributed by atoms with Crippen LogP contribution >= 0.6 is 23.1 Å². The Morgan fingerprint density at radius 1 is 1.22 bits per heavy atom. The molecule has 2 amide bonds. The number of fused-ring (bicyclic) bond motifs is 1. The van der Waals surface area contributed by atoms with Crippen molar-refractivity contribution in [3.63, 3.8) is 0 Å². The maximum atomic E-state index is 13.5. The Labute approximate surface area is 223 Å². The van der Waals surface area contributed by atoms with Gasteiger partial charge in [0.2, 0.25) is 5.82 Å². The van der Waals surface area contributed by atoms with Gasteiger partial charge in [-0.1, -0.05) is 42.2 Å². The molecule has 4 aromatic rings. The highest BCUT2D eigenvalue weighted by molar-refractivity contribution is 7.99. The van der Waals surface area contributed by atoms with E-state index in [4.69, 9.17) is 0 Å². The Morgan fingerprint density at radius 2 is 2.00 bits per heavy atom. The predicted octanol–water partition coefficient (Wildman–Crippen LogP) is 3.04. The van der Waals surface area contributed by atoms with Crippen molar-refractivity contribution in [2.75, 3.05) is 24.7 Å². The minimum Gasteiger partial charge on any atom is -0.326 e. The number of nitrogens with zero attached hydrogens (tertiary/aromatic N) is 7. The molecule has 0 fully saturated rings. The fourth-order valence-corrected chi connectivity index (χ4v) is 6.64. The molecule has 0 saturated carbocycles. The first-order valence-corrected chi connectivity index (χ1v) is 13.4. The minimum atomic E-state index is -0.646. The second-order valence-corrected chi connectivity index (χ2v) is 10.8. The Morgan fingerprint density at radius 3 is 2.73 bits per heavy atom. The highest BCUT2D eigenvalue weighted by atomic mass is 32.2. The number of thiophene rings is 1. The molecule has 5 rings (SSSR count). The third kappa shape index (κ3) is 5.03. The summed E-state index contributed by atoms with van der Waals surface area (Å²) in [6, 6.07) is 9.19. The zero-order chi connectivity index (χ0) is 26.1. The third-order valence-corrected chi connectivity index (χ3v) is 8.79. The van der Waals surface area contributed by atoms with Crippen LogP contribution in [-0.4, -0.2) is 67.1 Å². The predicted molar refractivity (Wildman–Crippen MR) is 144 cm³/mol. The second-order valence-electron chi connectivity index (χ2n) is 8.73. The highest BCUT2D eigenvalue weighted by Crippen LogP contribution is 2.44. The number of rotatable bonds is 4. The molecule has 3 aromatic heterocycles. The molecule has 9 nitrogen and oxygen atoms in total. The smallest absolute Gasteiger partial charge is 0.293 e. The number of anilines is 1. The lowest BCUT2D eigenvalue weighted by molar-refractivity contribution is -0.121. The molecule has 37 heavy (non-hydrogen) atoms. The SMILES string of the molecule is Cc1c(C#Cc2cnn(C)c2)sc2c1SC[C@H](N(C)C(=O)c1ncn(Cc3ccccc3)n1)C(=O)N2C. The van der Waals surface area contributed by atoms with Gasteiger partial charge < -0.3 is 9.80 Å². The van der Waals surface area contributed by atoms with Gasteiger partial charge in [-0.25, -0.2) is 9.67 Å². The number of hydrogen-bond donors (Lipinski definition) is 0. The van der Waals surface area contributed by atoms with E-state index >= 15 is 0 Å². The maximum absolute atomic E-state index is 13.5. The number of hydrogen-bond acceptors (Lipinski definition) is 7. The Hall–Kier alpha value is -3.88. The van der Waals surface area contributed by atoms with E-state index in [1.807, 2.05) is 50.5 Å². The van der Waals surface area contributed by atoms with Crippen molar-refractivity contribution in [2.24, 2.45) is 7.05 Å². The largest absolute Gasteiger partial charge is 0.326 e. The highest BCUT2D eigenvalue weighted by Gasteiger charge is 2.36. The van der Waals surface area contributed by atoms with E-state index in [0.717, 1.165) is 31.5 Å². The van der Waals surface area contributed by atoms with Crippen LogP contribution in [0.2, 0.25) is 0 Å². The monoisotopic (exact) mass is 531 g/mol. The number of aryl methyl sites for hydroxylation is 1. The van der Waals surface area contributed by atoms with E-state index in [1.54, 1.807) is 52.6 Å². The van der Waals surface area contributed by atoms with Gasteiger partial charge in [0.15, 0.2) is 0 Å². The molecule has 0 bridgehead atoms. The van der Waals surface area contributed by atoms with Crippen LogP contribution < -0.4 is 4.90 Å². The molecule has 0 aliphatic carbocycles.